The molecule has 0 aliphatic heterocycles. The van der Waals surface area contributed by atoms with E-state index in [-0.39, 0.29) is 11.4 Å². The number of nitrogens with one attached hydrogen (secondary N) is 2. The lowest BCUT2D eigenvalue weighted by Gasteiger charge is -2.23. The zero-order valence-electron chi connectivity index (χ0n) is 14.2. The summed E-state index contributed by atoms with van der Waals surface area (Å²) in [5, 5.41) is 15.8. The molecule has 0 aromatic heterocycles. The second-order valence-corrected chi connectivity index (χ2v) is 5.20. The van der Waals surface area contributed by atoms with Crippen molar-refractivity contribution in [2.75, 3.05) is 20.7 Å². The minimum absolute atomic E-state index is 0.136. The number of nitro groups is 1. The monoisotopic (exact) mass is 338 g/mol. The highest BCUT2D eigenvalue weighted by Gasteiger charge is 2.21. The van der Waals surface area contributed by atoms with E-state index in [4.69, 9.17) is 4.74 Å². The van der Waals surface area contributed by atoms with Crippen LogP contribution in [-0.4, -0.2) is 48.5 Å². The van der Waals surface area contributed by atoms with E-state index in [0.29, 0.717) is 18.7 Å². The highest BCUT2D eigenvalue weighted by molar-refractivity contribution is 5.96. The van der Waals surface area contributed by atoms with Crippen LogP contribution in [0.4, 0.5) is 10.5 Å². The van der Waals surface area contributed by atoms with Crippen LogP contribution in [0.25, 0.3) is 0 Å². The fourth-order valence-electron chi connectivity index (χ4n) is 2.02. The predicted octanol–water partition coefficient (Wildman–Crippen LogP) is 1.27. The zero-order chi connectivity index (χ0) is 18.3. The smallest absolute Gasteiger partial charge is 0.321 e. The molecule has 1 atom stereocenters. The van der Waals surface area contributed by atoms with Crippen molar-refractivity contribution in [2.45, 2.75) is 26.4 Å². The van der Waals surface area contributed by atoms with Gasteiger partial charge < -0.3 is 10.1 Å². The number of ether oxygens (including phenoxy) is 1. The molecule has 0 aliphatic rings. The Morgan fingerprint density at radius 2 is 2.08 bits per heavy atom. The average molecular weight is 338 g/mol. The van der Waals surface area contributed by atoms with Crippen molar-refractivity contribution in [3.8, 4) is 5.75 Å². The molecule has 0 radical (unpaired) electrons. The molecule has 132 valence electrons. The van der Waals surface area contributed by atoms with Crippen LogP contribution in [0.2, 0.25) is 0 Å². The number of likely N-dealkylation sites (N-methyl/N-ethyl adjacent to an activating group) is 1. The van der Waals surface area contributed by atoms with Crippen molar-refractivity contribution in [1.82, 2.24) is 15.5 Å². The van der Waals surface area contributed by atoms with Gasteiger partial charge in [-0.15, -0.1) is 0 Å². The third kappa shape index (κ3) is 5.20. The topological polar surface area (TPSA) is 114 Å². The Hall–Kier alpha value is -2.68. The summed E-state index contributed by atoms with van der Waals surface area (Å²) in [5.41, 5.74) is 0.519. The third-order valence-corrected chi connectivity index (χ3v) is 3.49. The number of hydrogen-bond donors (Lipinski definition) is 2. The van der Waals surface area contributed by atoms with Gasteiger partial charge >= 0.3 is 11.7 Å². The number of urea groups is 1. The fraction of sp³-hybridized carbons (Fsp3) is 0.467. The lowest BCUT2D eigenvalue weighted by molar-refractivity contribution is -0.385. The van der Waals surface area contributed by atoms with Gasteiger partial charge in [-0.25, -0.2) is 4.79 Å². The van der Waals surface area contributed by atoms with Crippen LogP contribution in [0.15, 0.2) is 18.2 Å². The summed E-state index contributed by atoms with van der Waals surface area (Å²) in [5.74, 6) is -0.278. The number of benzene rings is 1. The van der Waals surface area contributed by atoms with Crippen LogP contribution >= 0.6 is 0 Å². The van der Waals surface area contributed by atoms with Crippen LogP contribution in [0, 0.1) is 10.1 Å². The van der Waals surface area contributed by atoms with Crippen molar-refractivity contribution in [2.24, 2.45) is 0 Å². The Bertz CT molecular complexity index is 620. The number of carbonyl (C=O) groups is 2. The Morgan fingerprint density at radius 3 is 2.62 bits per heavy atom. The molecular formula is C15H22N4O5. The highest BCUT2D eigenvalue weighted by atomic mass is 16.6. The maximum atomic E-state index is 12.0. The van der Waals surface area contributed by atoms with Gasteiger partial charge in [-0.3, -0.25) is 25.1 Å². The predicted molar refractivity (Wildman–Crippen MR) is 87.8 cm³/mol. The molecule has 1 aromatic carbocycles. The summed E-state index contributed by atoms with van der Waals surface area (Å²) in [6, 6.07) is 3.47. The average Bonchev–Trinajstić information content (AvgIpc) is 2.53. The molecule has 0 aliphatic carbocycles. The Kier molecular flexibility index (Phi) is 7.12. The van der Waals surface area contributed by atoms with E-state index in [1.807, 2.05) is 0 Å². The van der Waals surface area contributed by atoms with Gasteiger partial charge in [0.2, 0.25) is 5.91 Å². The third-order valence-electron chi connectivity index (χ3n) is 3.49. The second-order valence-electron chi connectivity index (χ2n) is 5.20. The molecular weight excluding hydrogens is 316 g/mol. The molecule has 0 spiro atoms. The SMILES string of the molecule is CCNC(=O)NC(=O)[C@H](C)N(C)Cc1ccc(OC)c([N+](=O)[O-])c1. The van der Waals surface area contributed by atoms with Gasteiger partial charge in [0.1, 0.15) is 0 Å². The van der Waals surface area contributed by atoms with Crippen molar-refractivity contribution < 1.29 is 19.2 Å². The molecule has 9 heteroatoms. The molecule has 0 saturated heterocycles. The molecule has 9 nitrogen and oxygen atoms in total. The summed E-state index contributed by atoms with van der Waals surface area (Å²) >= 11 is 0. The van der Waals surface area contributed by atoms with Gasteiger partial charge in [0.15, 0.2) is 5.75 Å². The summed E-state index contributed by atoms with van der Waals surface area (Å²) < 4.78 is 4.96. The highest BCUT2D eigenvalue weighted by Crippen LogP contribution is 2.28. The van der Waals surface area contributed by atoms with Crippen LogP contribution < -0.4 is 15.4 Å². The molecule has 0 fully saturated rings. The number of carbonyl (C=O) groups excluding carboxylic acids is 2. The molecule has 1 aromatic rings. The van der Waals surface area contributed by atoms with Crippen LogP contribution in [0.3, 0.4) is 0 Å². The van der Waals surface area contributed by atoms with Crippen molar-refractivity contribution >= 4 is 17.6 Å². The molecule has 0 bridgehead atoms. The maximum absolute atomic E-state index is 12.0. The van der Waals surface area contributed by atoms with Crippen LogP contribution in [-0.2, 0) is 11.3 Å². The molecule has 2 N–H and O–H groups in total. The Morgan fingerprint density at radius 1 is 1.42 bits per heavy atom. The lowest BCUT2D eigenvalue weighted by atomic mass is 10.1. The molecule has 3 amide bonds. The van der Waals surface area contributed by atoms with E-state index in [0.717, 1.165) is 0 Å². The summed E-state index contributed by atoms with van der Waals surface area (Å²) in [6.45, 7) is 4.11. The Balaban J connectivity index is 2.78. The van der Waals surface area contributed by atoms with Gasteiger partial charge in [0.05, 0.1) is 18.1 Å². The Labute approximate surface area is 140 Å². The molecule has 0 saturated carbocycles. The maximum Gasteiger partial charge on any atom is 0.321 e. The summed E-state index contributed by atoms with van der Waals surface area (Å²) in [6.07, 6.45) is 0. The summed E-state index contributed by atoms with van der Waals surface area (Å²) in [7, 11) is 3.06. The lowest BCUT2D eigenvalue weighted by Crippen LogP contribution is -2.48. The number of nitro benzene ring substituents is 1. The standard InChI is InChI=1S/C15H22N4O5/c1-5-16-15(21)17-14(20)10(2)18(3)9-11-6-7-13(24-4)12(8-11)19(22)23/h6-8,10H,5,9H2,1-4H3,(H2,16,17,20,21)/t10-/m0/s1. The molecule has 0 heterocycles. The van der Waals surface area contributed by atoms with E-state index in [1.165, 1.54) is 19.2 Å². The van der Waals surface area contributed by atoms with E-state index in [1.54, 1.807) is 31.9 Å². The summed E-state index contributed by atoms with van der Waals surface area (Å²) in [4.78, 5) is 35.6. The molecule has 24 heavy (non-hydrogen) atoms. The first kappa shape index (κ1) is 19.4. The minimum atomic E-state index is -0.589. The van der Waals surface area contributed by atoms with E-state index in [2.05, 4.69) is 10.6 Å². The zero-order valence-corrected chi connectivity index (χ0v) is 14.2. The first-order valence-corrected chi connectivity index (χ1v) is 7.40. The number of imide groups is 1. The van der Waals surface area contributed by atoms with Gasteiger partial charge in [-0.1, -0.05) is 6.07 Å². The number of hydrogen-bond acceptors (Lipinski definition) is 6. The number of amides is 3. The fourth-order valence-corrected chi connectivity index (χ4v) is 2.02. The number of methoxy groups -OCH3 is 1. The minimum Gasteiger partial charge on any atom is -0.490 e. The number of nitrogens with zero attached hydrogens (tertiary/aromatic N) is 2. The van der Waals surface area contributed by atoms with E-state index in [9.17, 15) is 19.7 Å². The van der Waals surface area contributed by atoms with Crippen molar-refractivity contribution in [1.29, 1.82) is 0 Å². The van der Waals surface area contributed by atoms with Crippen LogP contribution in [0.5, 0.6) is 5.75 Å². The van der Waals surface area contributed by atoms with Crippen LogP contribution in [0.1, 0.15) is 19.4 Å². The second kappa shape index (κ2) is 8.82. The van der Waals surface area contributed by atoms with Gasteiger partial charge in [-0.2, -0.15) is 0 Å². The number of rotatable bonds is 7. The largest absolute Gasteiger partial charge is 0.490 e. The van der Waals surface area contributed by atoms with E-state index >= 15 is 0 Å². The first-order valence-electron chi connectivity index (χ1n) is 7.40. The molecule has 0 unspecified atom stereocenters. The quantitative estimate of drug-likeness (QED) is 0.572. The first-order chi connectivity index (χ1) is 11.3. The van der Waals surface area contributed by atoms with Crippen molar-refractivity contribution in [3.63, 3.8) is 0 Å². The van der Waals surface area contributed by atoms with E-state index < -0.39 is 22.9 Å². The van der Waals surface area contributed by atoms with Crippen molar-refractivity contribution in [3.05, 3.63) is 33.9 Å². The molecule has 1 rings (SSSR count). The normalized spacial score (nSPS) is 11.7. The van der Waals surface area contributed by atoms with Gasteiger partial charge in [0.25, 0.3) is 0 Å². The van der Waals surface area contributed by atoms with Gasteiger partial charge in [0, 0.05) is 19.2 Å². The van der Waals surface area contributed by atoms with Gasteiger partial charge in [-0.05, 0) is 32.5 Å².